The van der Waals surface area contributed by atoms with Gasteiger partial charge in [-0.1, -0.05) is 11.8 Å². The Bertz CT molecular complexity index is 1030. The van der Waals surface area contributed by atoms with Crippen LogP contribution in [0.3, 0.4) is 0 Å². The molecule has 13 heteroatoms. The van der Waals surface area contributed by atoms with Crippen LogP contribution in [0.1, 0.15) is 0 Å². The first-order valence-electron chi connectivity index (χ1n) is 8.31. The van der Waals surface area contributed by atoms with Crippen molar-refractivity contribution in [1.82, 2.24) is 19.5 Å². The van der Waals surface area contributed by atoms with Crippen LogP contribution in [-0.4, -0.2) is 55.5 Å². The Hall–Kier alpha value is -2.24. The molecular formula is C16H19FN5O5PS. The normalized spacial score (nSPS) is 13.0. The van der Waals surface area contributed by atoms with Crippen molar-refractivity contribution in [2.45, 2.75) is 22.6 Å². The van der Waals surface area contributed by atoms with Crippen LogP contribution in [0.4, 0.5) is 10.3 Å². The molecule has 2 aromatic heterocycles. The molecule has 0 aliphatic rings. The van der Waals surface area contributed by atoms with Gasteiger partial charge in [-0.05, 0) is 24.3 Å². The second kappa shape index (κ2) is 9.06. The number of aromatic nitrogens is 4. The lowest BCUT2D eigenvalue weighted by atomic mass is 10.3. The van der Waals surface area contributed by atoms with Crippen LogP contribution in [-0.2, 0) is 15.8 Å². The van der Waals surface area contributed by atoms with Gasteiger partial charge in [0.1, 0.15) is 35.4 Å². The molecule has 1 aromatic carbocycles. The van der Waals surface area contributed by atoms with Crippen molar-refractivity contribution in [1.29, 1.82) is 0 Å². The molecule has 4 N–H and O–H groups in total. The summed E-state index contributed by atoms with van der Waals surface area (Å²) >= 11 is 1.33. The van der Waals surface area contributed by atoms with Crippen LogP contribution < -0.4 is 10.5 Å². The van der Waals surface area contributed by atoms with Crippen LogP contribution in [0, 0.1) is 0 Å². The Morgan fingerprint density at radius 2 is 2.03 bits per heavy atom. The van der Waals surface area contributed by atoms with Crippen molar-refractivity contribution in [3.63, 3.8) is 0 Å². The number of fused-ring (bicyclic) bond motifs is 1. The first kappa shape index (κ1) is 21.5. The van der Waals surface area contributed by atoms with Crippen molar-refractivity contribution in [3.8, 4) is 5.75 Å². The Morgan fingerprint density at radius 3 is 2.66 bits per heavy atom. The van der Waals surface area contributed by atoms with Crippen molar-refractivity contribution in [2.24, 2.45) is 0 Å². The summed E-state index contributed by atoms with van der Waals surface area (Å²) in [6.45, 7) is -0.982. The summed E-state index contributed by atoms with van der Waals surface area (Å²) in [5.74, 6) is 0.738. The number of rotatable bonds is 9. The maximum absolute atomic E-state index is 13.2. The zero-order chi connectivity index (χ0) is 21.0. The summed E-state index contributed by atoms with van der Waals surface area (Å²) in [6, 6.07) is 7.35. The van der Waals surface area contributed by atoms with Gasteiger partial charge in [0.25, 0.3) is 0 Å². The molecule has 0 aliphatic heterocycles. The van der Waals surface area contributed by atoms with Gasteiger partial charge in [0.15, 0.2) is 5.65 Å². The van der Waals surface area contributed by atoms with E-state index in [4.69, 9.17) is 25.0 Å². The van der Waals surface area contributed by atoms with Crippen LogP contribution in [0.25, 0.3) is 11.2 Å². The van der Waals surface area contributed by atoms with Crippen molar-refractivity contribution >= 4 is 36.5 Å². The van der Waals surface area contributed by atoms with Gasteiger partial charge in [0.05, 0.1) is 20.0 Å². The molecule has 0 radical (unpaired) electrons. The molecule has 3 rings (SSSR count). The number of methoxy groups -OCH3 is 1. The maximum atomic E-state index is 13.2. The molecule has 0 aliphatic carbocycles. The molecule has 10 nitrogen and oxygen atoms in total. The summed E-state index contributed by atoms with van der Waals surface area (Å²) in [4.78, 5) is 31.4. The first-order chi connectivity index (χ1) is 13.8. The zero-order valence-corrected chi connectivity index (χ0v) is 17.0. The lowest BCUT2D eigenvalue weighted by Gasteiger charge is -2.16. The fourth-order valence-electron chi connectivity index (χ4n) is 2.46. The lowest BCUT2D eigenvalue weighted by molar-refractivity contribution is 0.0445. The highest BCUT2D eigenvalue weighted by Gasteiger charge is 2.20. The molecule has 29 heavy (non-hydrogen) atoms. The van der Waals surface area contributed by atoms with E-state index in [2.05, 4.69) is 15.0 Å². The summed E-state index contributed by atoms with van der Waals surface area (Å²) < 4.78 is 35.8. The highest BCUT2D eigenvalue weighted by Crippen LogP contribution is 2.35. The predicted molar refractivity (Wildman–Crippen MR) is 105 cm³/mol. The number of imidazole rings is 1. The highest BCUT2D eigenvalue weighted by atomic mass is 32.2. The van der Waals surface area contributed by atoms with Gasteiger partial charge in [0.2, 0.25) is 5.95 Å². The summed E-state index contributed by atoms with van der Waals surface area (Å²) in [6.07, 6.45) is -0.515. The van der Waals surface area contributed by atoms with Crippen LogP contribution >= 0.6 is 19.4 Å². The fourth-order valence-corrected chi connectivity index (χ4v) is 3.74. The number of ether oxygens (including phenoxy) is 2. The number of nitrogens with two attached hydrogens (primary N) is 1. The number of nitrogens with zero attached hydrogens (tertiary/aromatic N) is 4. The molecule has 0 saturated carbocycles. The summed E-state index contributed by atoms with van der Waals surface area (Å²) in [7, 11) is -2.82. The molecular weight excluding hydrogens is 424 g/mol. The van der Waals surface area contributed by atoms with E-state index < -0.39 is 26.7 Å². The highest BCUT2D eigenvalue weighted by molar-refractivity contribution is 7.99. The molecule has 156 valence electrons. The third-order valence-electron chi connectivity index (χ3n) is 3.77. The smallest absolute Gasteiger partial charge is 0.350 e. The van der Waals surface area contributed by atoms with E-state index in [1.165, 1.54) is 22.7 Å². The average Bonchev–Trinajstić information content (AvgIpc) is 3.07. The number of nitrogen functional groups attached to an aromatic ring is 1. The van der Waals surface area contributed by atoms with Crippen LogP contribution in [0.15, 0.2) is 40.5 Å². The van der Waals surface area contributed by atoms with Crippen molar-refractivity contribution in [3.05, 3.63) is 30.6 Å². The van der Waals surface area contributed by atoms with E-state index >= 15 is 0 Å². The second-order valence-electron chi connectivity index (χ2n) is 5.97. The predicted octanol–water partition coefficient (Wildman–Crippen LogP) is 2.06. The second-order valence-corrected chi connectivity index (χ2v) is 8.62. The molecule has 1 atom stereocenters. The number of alkyl halides is 1. The number of halogens is 1. The van der Waals surface area contributed by atoms with Gasteiger partial charge >= 0.3 is 7.60 Å². The standard InChI is InChI=1S/C16H19FN5O5PS/c1-26-10-2-4-12(5-3-10)29-15-13-14(20-16(18)21-15)22(8-19-13)7-11(6-17)27-9-28(23,24)25/h2-5,8,11H,6-7,9H2,1H3,(H2,18,20,21)(H2,23,24,25)/t11-/m0/s1. The zero-order valence-electron chi connectivity index (χ0n) is 15.3. The number of anilines is 1. The topological polar surface area (TPSA) is 146 Å². The third kappa shape index (κ3) is 5.64. The van der Waals surface area contributed by atoms with Gasteiger partial charge in [-0.2, -0.15) is 4.98 Å². The Labute approximate surface area is 169 Å². The van der Waals surface area contributed by atoms with Gasteiger partial charge in [0, 0.05) is 4.90 Å². The van der Waals surface area contributed by atoms with Gasteiger partial charge in [-0.25, -0.2) is 14.4 Å². The molecule has 0 unspecified atom stereocenters. The quantitative estimate of drug-likeness (QED) is 0.332. The lowest BCUT2D eigenvalue weighted by Crippen LogP contribution is -2.23. The average molecular weight is 443 g/mol. The largest absolute Gasteiger partial charge is 0.497 e. The monoisotopic (exact) mass is 443 g/mol. The first-order valence-corrected chi connectivity index (χ1v) is 10.9. The minimum Gasteiger partial charge on any atom is -0.497 e. The van der Waals surface area contributed by atoms with Crippen molar-refractivity contribution in [2.75, 3.05) is 25.9 Å². The van der Waals surface area contributed by atoms with Gasteiger partial charge in [-0.15, -0.1) is 0 Å². The molecule has 0 fully saturated rings. The van der Waals surface area contributed by atoms with Crippen molar-refractivity contribution < 1.29 is 28.2 Å². The minimum atomic E-state index is -4.40. The Balaban J connectivity index is 1.84. The van der Waals surface area contributed by atoms with E-state index in [0.717, 1.165) is 10.6 Å². The van der Waals surface area contributed by atoms with E-state index in [1.54, 1.807) is 7.11 Å². The van der Waals surface area contributed by atoms with Gasteiger partial charge in [-0.3, -0.25) is 4.57 Å². The molecule has 0 saturated heterocycles. The minimum absolute atomic E-state index is 0.0168. The maximum Gasteiger partial charge on any atom is 0.350 e. The Morgan fingerprint density at radius 1 is 1.31 bits per heavy atom. The van der Waals surface area contributed by atoms with E-state index in [-0.39, 0.29) is 12.5 Å². The third-order valence-corrected chi connectivity index (χ3v) is 5.25. The molecule has 3 aromatic rings. The SMILES string of the molecule is COc1ccc(Sc2nc(N)nc3c2ncn3C[C@H](CF)OCP(=O)(O)O)cc1. The van der Waals surface area contributed by atoms with E-state index in [9.17, 15) is 8.96 Å². The van der Waals surface area contributed by atoms with E-state index in [1.807, 2.05) is 24.3 Å². The Kier molecular flexibility index (Phi) is 6.70. The summed E-state index contributed by atoms with van der Waals surface area (Å²) in [5.41, 5.74) is 6.66. The van der Waals surface area contributed by atoms with E-state index in [0.29, 0.717) is 16.2 Å². The number of hydrogen-bond donors (Lipinski definition) is 3. The number of benzene rings is 1. The fraction of sp³-hybridized carbons (Fsp3) is 0.312. The number of hydrogen-bond acceptors (Lipinski definition) is 8. The molecule has 0 spiro atoms. The summed E-state index contributed by atoms with van der Waals surface area (Å²) in [5, 5.41) is 0.518. The molecule has 0 bridgehead atoms. The molecule has 2 heterocycles. The molecule has 0 amide bonds. The van der Waals surface area contributed by atoms with Crippen LogP contribution in [0.5, 0.6) is 5.75 Å². The van der Waals surface area contributed by atoms with Gasteiger partial charge < -0.3 is 29.6 Å². The van der Waals surface area contributed by atoms with Crippen LogP contribution in [0.2, 0.25) is 0 Å².